The van der Waals surface area contributed by atoms with Crippen LogP contribution < -0.4 is 27.1 Å². The van der Waals surface area contributed by atoms with Gasteiger partial charge in [-0.15, -0.1) is 141 Å². The summed E-state index contributed by atoms with van der Waals surface area (Å²) >= 11 is 121. The van der Waals surface area contributed by atoms with Gasteiger partial charge in [0.2, 0.25) is 11.6 Å². The monoisotopic (exact) mass is 3030 g/mol. The van der Waals surface area contributed by atoms with E-state index in [1.165, 1.54) is 200 Å². The molecule has 24 rings (SSSR count). The van der Waals surface area contributed by atoms with E-state index in [9.17, 15) is 24.0 Å². The zero-order valence-electron chi connectivity index (χ0n) is 80.6. The van der Waals surface area contributed by atoms with Crippen molar-refractivity contribution in [3.05, 3.63) is 295 Å². The molecule has 1 radical (unpaired) electrons. The maximum atomic E-state index is 12.1. The van der Waals surface area contributed by atoms with E-state index in [-0.39, 0.29) is 30.4 Å². The van der Waals surface area contributed by atoms with Crippen LogP contribution in [0.4, 0.5) is 0 Å². The number of nitrogens with one attached hydrogen (secondary N) is 1. The Labute approximate surface area is 1060 Å². The fraction of sp³-hybridized carbons (Fsp3) is 0.167. The molecule has 0 bridgehead atoms. The van der Waals surface area contributed by atoms with E-state index in [2.05, 4.69) is 288 Å². The summed E-state index contributed by atoms with van der Waals surface area (Å²) in [6, 6.07) is 21.3. The molecule has 0 saturated carbocycles. The van der Waals surface area contributed by atoms with Crippen LogP contribution in [0.15, 0.2) is 162 Å². The molecule has 17 aromatic heterocycles. The molecule has 5 aromatic carbocycles. The van der Waals surface area contributed by atoms with Gasteiger partial charge in [-0.25, -0.2) is 6.07 Å². The van der Waals surface area contributed by atoms with Crippen molar-refractivity contribution in [3.63, 3.8) is 0 Å². The van der Waals surface area contributed by atoms with E-state index in [0.717, 1.165) is 89.5 Å². The normalized spacial score (nSPS) is 11.6. The Bertz CT molecular complexity index is 8180. The van der Waals surface area contributed by atoms with Gasteiger partial charge in [-0.2, -0.15) is 38.5 Å². The molecule has 8 nitrogen and oxygen atoms in total. The van der Waals surface area contributed by atoms with E-state index in [4.69, 9.17) is 139 Å². The van der Waals surface area contributed by atoms with E-state index in [0.29, 0.717) is 45.9 Å². The van der Waals surface area contributed by atoms with Crippen LogP contribution in [0.5, 0.6) is 0 Å². The Hall–Kier alpha value is -0.579. The predicted octanol–water partition coefficient (Wildman–Crippen LogP) is 44.8. The van der Waals surface area contributed by atoms with Crippen LogP contribution in [-0.2, 0) is 9.59 Å². The van der Waals surface area contributed by atoms with Crippen molar-refractivity contribution in [2.24, 2.45) is 4.30 Å². The van der Waals surface area contributed by atoms with Crippen molar-refractivity contribution >= 4 is 595 Å². The van der Waals surface area contributed by atoms with Gasteiger partial charge in [0.05, 0.1) is 81.8 Å². The standard InChI is InChI=1S/C18H8Cl2S4.C13H9Cl2S2.C12H6Br2Cl2S2.C12H8Br2S2.C12H10S2.C10H2Cl2O2S2.C5H2Cl2OS.C5H5ClS.C4H2ClNO2.C4H11N.C4H3S.3CH3.BHNS.Br2.Li.Sn/c19-9-7-24-18-13(9)15(11-3-1-5-21-11)17-14(10(20)8-23-17)16(18)12-4-2-6-22-12;1-5-9-8(14)4-16-12(9)6(2)10-11(15)7(3)17-13(5)10;1-3-5-7(15)11(13)18-10(5)4(2)6-8(16)12(14)17-9(3)6;1-5-7-3-9(13)16-12(7)6(2)8-4-10(14)15-11(5)8;1-7-9-3-5-14-12(9)8(2)10-4-6-13-11(7)10;11-3-1-15-9-5(3)7(13)10-6(8(9)14)4(12)2-16-10;6-4-2-9-1-3(4)5(7)8;1-4-2-7-3-5(4)6;5-6-3(7)1-2-4(6)8;1-3-5-4-2;1-2-4-5-3-1;;;;1-2-3;1-2;;/h1-8H;1-3H3;1-2H3;3-4H,1-2H3;3-6H,1-2H3;1-2H;1-2H;2-3H,1H3;1-2H;5H,3-4H2,1-2H3;1-3H;3*1H3;3H;;;/q;;;;;;;;;;-1;;;;;;+1;. The van der Waals surface area contributed by atoms with Crippen molar-refractivity contribution in [1.82, 2.24) is 9.74 Å². The van der Waals surface area contributed by atoms with E-state index >= 15 is 0 Å². The number of carbonyl (C=O) groups is 5. The molecule has 0 fully saturated rings. The number of imide groups is 1. The Morgan fingerprint density at radius 2 is 0.826 bits per heavy atom. The van der Waals surface area contributed by atoms with Crippen molar-refractivity contribution < 1.29 is 42.8 Å². The van der Waals surface area contributed by atoms with Gasteiger partial charge in [0.25, 0.3) is 17.1 Å². The second-order valence-electron chi connectivity index (χ2n) is 32.5. The van der Waals surface area contributed by atoms with Gasteiger partial charge < -0.3 is 16.7 Å². The Morgan fingerprint density at radius 3 is 1.15 bits per heavy atom. The predicted molar refractivity (Wildman–Crippen MR) is 707 cm³/mol. The largest absolute Gasteiger partial charge is 1.00 e. The number of carbonyl (C=O) groups excluding carboxylic acids is 5. The molecular formula is C102H76BBr6Cl12LiN3O5S18Sn. The van der Waals surface area contributed by atoms with E-state index < -0.39 is 35.4 Å². The maximum absolute atomic E-state index is 12.1. The topological polar surface area (TPSA) is 113 Å². The van der Waals surface area contributed by atoms with Crippen LogP contribution in [0, 0.1) is 74.6 Å². The Balaban J connectivity index is 0.000000159. The first-order chi connectivity index (χ1) is 70.4. The van der Waals surface area contributed by atoms with Crippen molar-refractivity contribution in [1.29, 1.82) is 0 Å². The van der Waals surface area contributed by atoms with E-state index in [1.807, 2.05) is 103 Å². The van der Waals surface area contributed by atoms with Crippen molar-refractivity contribution in [2.75, 3.05) is 13.1 Å². The summed E-state index contributed by atoms with van der Waals surface area (Å²) in [7, 11) is 4.34. The van der Waals surface area contributed by atoms with Gasteiger partial charge in [0.15, 0.2) is 0 Å². The average molecular weight is 3040 g/mol. The second-order valence-corrected chi connectivity index (χ2v) is 73.9. The number of hydrogen-bond donors (Lipinski definition) is 2. The Morgan fingerprint density at radius 1 is 0.430 bits per heavy atom. The molecule has 0 spiro atoms. The molecule has 18 heterocycles. The molecule has 0 saturated heterocycles. The number of rotatable bonds is 6. The first kappa shape index (κ1) is 129. The number of nitrogens with zero attached hydrogens (tertiary/aromatic N) is 2. The van der Waals surface area contributed by atoms with Crippen LogP contribution in [-0.4, -0.2) is 72.1 Å². The van der Waals surface area contributed by atoms with Gasteiger partial charge in [0, 0.05) is 170 Å². The number of hydrogen-bond acceptors (Lipinski definition) is 25. The zero-order valence-corrected chi connectivity index (χ0v) is 117. The minimum Gasteiger partial charge on any atom is -0.304 e. The quantitative estimate of drug-likeness (QED) is 0.0428. The summed E-state index contributed by atoms with van der Waals surface area (Å²) < 4.78 is 22.3. The summed E-state index contributed by atoms with van der Waals surface area (Å²) in [5.74, 6) is -1.35. The third-order valence-corrected chi connectivity index (χ3v) is 57.9. The molecule has 2 aliphatic rings. The molecule has 771 valence electrons. The smallest absolute Gasteiger partial charge is 0.304 e. The summed E-state index contributed by atoms with van der Waals surface area (Å²) in [4.78, 5) is 66.8. The van der Waals surface area contributed by atoms with Gasteiger partial charge in [-0.05, 0) is 261 Å². The number of thiol groups is 1. The van der Waals surface area contributed by atoms with Crippen LogP contribution in [0.25, 0.3) is 122 Å². The molecule has 2 amide bonds. The third-order valence-electron chi connectivity index (χ3n) is 22.3. The van der Waals surface area contributed by atoms with Gasteiger partial charge in [0.1, 0.15) is 0 Å². The van der Waals surface area contributed by atoms with Crippen molar-refractivity contribution in [2.45, 2.75) is 97.9 Å². The minimum absolute atomic E-state index is 0. The molecule has 1 aliphatic carbocycles. The number of benzene rings is 5. The summed E-state index contributed by atoms with van der Waals surface area (Å²) in [5.41, 5.74) is 15.3. The average Bonchev–Trinajstić information content (AvgIpc) is 1.58. The number of halogens is 18. The molecule has 0 unspecified atom stereocenters. The Kier molecular flexibility index (Phi) is 50.5. The first-order valence-corrected chi connectivity index (χ1v) is 79.5. The number of fused-ring (bicyclic) bond motifs is 12. The van der Waals surface area contributed by atoms with Crippen molar-refractivity contribution in [3.8, 4) is 20.9 Å². The summed E-state index contributed by atoms with van der Waals surface area (Å²) in [5, 5.41) is 50.5. The van der Waals surface area contributed by atoms with Crippen LogP contribution in [0.1, 0.15) is 110 Å². The fourth-order valence-electron chi connectivity index (χ4n) is 15.5. The van der Waals surface area contributed by atoms with Crippen LogP contribution in [0.2, 0.25) is 65.0 Å². The summed E-state index contributed by atoms with van der Waals surface area (Å²) in [6.07, 6.45) is 2.24. The fourth-order valence-corrected chi connectivity index (χ4v) is 45.5. The summed E-state index contributed by atoms with van der Waals surface area (Å²) in [6.45, 7) is 28.0. The SMILES string of the molecule is BrBr.CCNCC.Cc1c2cc(Br)sc2c(C)c2cc(Br)sc12.Cc1c2ccsc2c(C)c2ccsc12.Cc1c2sc(Br)c(Cl)c2c(C)c2sc(Br)c(Cl)c12.Cc1cscc1Cl.Cc1sc2c(C)c3c(Cl)[c]([Sn]([CH3])([CH3])[CH3])sc3c(C)c2c1Cl.Clc1csc2c(-c3cccs3)c3c(Cl)csc3c(-c3cccs3)c12.O=C(Cl)c1cscc1Cl.O=C1C=CC(=O)N1Cl.O=C1c2scc(Cl)c2C(=O)c2scc(Cl)c21.[B]=NS.[Li+].[c-]1cccs1. The van der Waals surface area contributed by atoms with E-state index in [1.54, 1.807) is 124 Å². The first-order valence-electron chi connectivity index (χ1n) is 43.0. The maximum Gasteiger partial charge on any atom is 1.00 e. The molecule has 1 aliphatic heterocycles. The molecule has 22 aromatic rings. The number of ketones is 2. The number of aryl methyl sites for hydroxylation is 10. The van der Waals surface area contributed by atoms with Crippen LogP contribution >= 0.6 is 437 Å². The van der Waals surface area contributed by atoms with Gasteiger partial charge in [-0.3, -0.25) is 24.0 Å². The number of amides is 2. The molecule has 47 heteroatoms. The molecular weight excluding hydrogens is 2970 g/mol. The molecule has 149 heavy (non-hydrogen) atoms. The number of thiophene rings is 17. The molecule has 0 atom stereocenters. The third kappa shape index (κ3) is 29.1. The minimum atomic E-state index is -2.19. The van der Waals surface area contributed by atoms with Crippen LogP contribution in [0.3, 0.4) is 0 Å². The van der Waals surface area contributed by atoms with Gasteiger partial charge in [-0.1, -0.05) is 119 Å². The van der Waals surface area contributed by atoms with Gasteiger partial charge >= 0.3 is 193 Å². The molecule has 1 N–H and O–H groups in total. The zero-order chi connectivity index (χ0) is 108. The second kappa shape index (κ2) is 58.5.